The van der Waals surface area contributed by atoms with E-state index in [0.29, 0.717) is 0 Å². The van der Waals surface area contributed by atoms with Crippen molar-refractivity contribution in [2.45, 2.75) is 6.92 Å². The maximum atomic E-state index is 2.34. The lowest BCUT2D eigenvalue weighted by atomic mass is 9.90. The van der Waals surface area contributed by atoms with E-state index in [2.05, 4.69) is 97.9 Å². The third kappa shape index (κ3) is 2.22. The van der Waals surface area contributed by atoms with Gasteiger partial charge in [0.25, 0.3) is 0 Å². The molecule has 5 aromatic carbocycles. The maximum absolute atomic E-state index is 2.34. The van der Waals surface area contributed by atoms with Gasteiger partial charge in [0.1, 0.15) is 0 Å². The molecule has 0 aromatic heterocycles. The molecule has 0 aliphatic carbocycles. The minimum Gasteiger partial charge on any atom is -0.0616 e. The van der Waals surface area contributed by atoms with Gasteiger partial charge in [-0.15, -0.1) is 0 Å². The molecule has 0 heteroatoms. The van der Waals surface area contributed by atoms with Gasteiger partial charge in [0.15, 0.2) is 0 Å². The second-order valence-corrected chi connectivity index (χ2v) is 6.71. The lowest BCUT2D eigenvalue weighted by molar-refractivity contribution is 1.50. The lowest BCUT2D eigenvalue weighted by Crippen LogP contribution is -1.88. The quantitative estimate of drug-likeness (QED) is 0.289. The normalized spacial score (nSPS) is 11.4. The molecule has 0 fully saturated rings. The molecule has 118 valence electrons. The van der Waals surface area contributed by atoms with Crippen molar-refractivity contribution in [3.8, 4) is 11.1 Å². The Morgan fingerprint density at radius 1 is 0.440 bits per heavy atom. The Labute approximate surface area is 147 Å². The summed E-state index contributed by atoms with van der Waals surface area (Å²) >= 11 is 0. The number of hydrogen-bond acceptors (Lipinski definition) is 0. The number of hydrogen-bond donors (Lipinski definition) is 0. The van der Waals surface area contributed by atoms with Gasteiger partial charge in [-0.3, -0.25) is 0 Å². The van der Waals surface area contributed by atoms with E-state index in [-0.39, 0.29) is 0 Å². The third-order valence-electron chi connectivity index (χ3n) is 5.15. The molecule has 0 saturated heterocycles. The fourth-order valence-corrected chi connectivity index (χ4v) is 3.92. The SMILES string of the molecule is Cc1cc2ccccc2cc1-c1cc2ccccc2c2ccccc12. The van der Waals surface area contributed by atoms with Crippen molar-refractivity contribution < 1.29 is 0 Å². The van der Waals surface area contributed by atoms with Crippen LogP contribution in [0.25, 0.3) is 43.4 Å². The minimum absolute atomic E-state index is 1.29. The van der Waals surface area contributed by atoms with Crippen LogP contribution in [0.15, 0.2) is 91.0 Å². The standard InChI is InChI=1S/C25H18/c1-17-14-18-8-2-3-9-19(18)15-24(17)25-16-20-10-4-5-11-21(20)22-12-6-7-13-23(22)25/h2-16H,1H3. The summed E-state index contributed by atoms with van der Waals surface area (Å²) in [4.78, 5) is 0. The number of rotatable bonds is 1. The number of fused-ring (bicyclic) bond motifs is 4. The molecule has 5 aromatic rings. The monoisotopic (exact) mass is 318 g/mol. The largest absolute Gasteiger partial charge is 0.0616 e. The fourth-order valence-electron chi connectivity index (χ4n) is 3.92. The van der Waals surface area contributed by atoms with Crippen LogP contribution in [0.3, 0.4) is 0 Å². The highest BCUT2D eigenvalue weighted by Gasteiger charge is 2.11. The summed E-state index contributed by atoms with van der Waals surface area (Å²) in [6.45, 7) is 2.21. The van der Waals surface area contributed by atoms with Crippen LogP contribution in [0, 0.1) is 6.92 Å². The first-order chi connectivity index (χ1) is 12.3. The van der Waals surface area contributed by atoms with Gasteiger partial charge in [-0.2, -0.15) is 0 Å². The highest BCUT2D eigenvalue weighted by molar-refractivity contribution is 6.14. The zero-order valence-electron chi connectivity index (χ0n) is 14.2. The predicted octanol–water partition coefficient (Wildman–Crippen LogP) is 7.12. The molecule has 0 aliphatic heterocycles. The van der Waals surface area contributed by atoms with Gasteiger partial charge in [-0.05, 0) is 68.1 Å². The van der Waals surface area contributed by atoms with Gasteiger partial charge in [0, 0.05) is 0 Å². The van der Waals surface area contributed by atoms with E-state index in [1.807, 2.05) is 0 Å². The molecule has 0 saturated carbocycles. The van der Waals surface area contributed by atoms with Crippen LogP contribution >= 0.6 is 0 Å². The summed E-state index contributed by atoms with van der Waals surface area (Å²) in [6.07, 6.45) is 0. The molecule has 0 heterocycles. The Bertz CT molecular complexity index is 1250. The zero-order valence-corrected chi connectivity index (χ0v) is 14.2. The fraction of sp³-hybridized carbons (Fsp3) is 0.0400. The van der Waals surface area contributed by atoms with Crippen LogP contribution in [0.2, 0.25) is 0 Å². The van der Waals surface area contributed by atoms with Crippen LogP contribution in [0.5, 0.6) is 0 Å². The van der Waals surface area contributed by atoms with Crippen LogP contribution in [0.1, 0.15) is 5.56 Å². The molecule has 25 heavy (non-hydrogen) atoms. The molecular weight excluding hydrogens is 300 g/mol. The average molecular weight is 318 g/mol. The first-order valence-electron chi connectivity index (χ1n) is 8.71. The Hall–Kier alpha value is -3.12. The smallest absolute Gasteiger partial charge is 0.00961 e. The number of aryl methyl sites for hydroxylation is 1. The van der Waals surface area contributed by atoms with E-state index >= 15 is 0 Å². The van der Waals surface area contributed by atoms with E-state index in [4.69, 9.17) is 0 Å². The van der Waals surface area contributed by atoms with Gasteiger partial charge >= 0.3 is 0 Å². The molecule has 0 atom stereocenters. The van der Waals surface area contributed by atoms with Gasteiger partial charge in [0.05, 0.1) is 0 Å². The molecule has 0 nitrogen and oxygen atoms in total. The summed E-state index contributed by atoms with van der Waals surface area (Å²) < 4.78 is 0. The predicted molar refractivity (Wildman–Crippen MR) is 109 cm³/mol. The highest BCUT2D eigenvalue weighted by atomic mass is 14.1. The average Bonchev–Trinajstić information content (AvgIpc) is 2.67. The van der Waals surface area contributed by atoms with Crippen molar-refractivity contribution in [2.24, 2.45) is 0 Å². The minimum atomic E-state index is 1.29. The van der Waals surface area contributed by atoms with E-state index in [9.17, 15) is 0 Å². The topological polar surface area (TPSA) is 0 Å². The molecule has 0 amide bonds. The first kappa shape index (κ1) is 14.2. The van der Waals surface area contributed by atoms with E-state index in [1.54, 1.807) is 0 Å². The Morgan fingerprint density at radius 3 is 1.72 bits per heavy atom. The number of benzene rings is 5. The summed E-state index contributed by atoms with van der Waals surface area (Å²) in [6, 6.07) is 33.0. The first-order valence-corrected chi connectivity index (χ1v) is 8.71. The molecule has 0 radical (unpaired) electrons. The van der Waals surface area contributed by atoms with Crippen LogP contribution < -0.4 is 0 Å². The third-order valence-corrected chi connectivity index (χ3v) is 5.15. The maximum Gasteiger partial charge on any atom is -0.00961 e. The van der Waals surface area contributed by atoms with Crippen molar-refractivity contribution in [3.05, 3.63) is 96.6 Å². The highest BCUT2D eigenvalue weighted by Crippen LogP contribution is 2.37. The molecular formula is C25H18. The van der Waals surface area contributed by atoms with Gasteiger partial charge < -0.3 is 0 Å². The van der Waals surface area contributed by atoms with Crippen molar-refractivity contribution in [1.29, 1.82) is 0 Å². The van der Waals surface area contributed by atoms with E-state index < -0.39 is 0 Å². The second-order valence-electron chi connectivity index (χ2n) is 6.71. The van der Waals surface area contributed by atoms with Crippen molar-refractivity contribution in [1.82, 2.24) is 0 Å². The molecule has 0 aliphatic rings. The van der Waals surface area contributed by atoms with Gasteiger partial charge in [-0.25, -0.2) is 0 Å². The Balaban J connectivity index is 1.93. The van der Waals surface area contributed by atoms with Crippen molar-refractivity contribution >= 4 is 32.3 Å². The van der Waals surface area contributed by atoms with Gasteiger partial charge in [0.2, 0.25) is 0 Å². The summed E-state index contributed by atoms with van der Waals surface area (Å²) in [5.74, 6) is 0. The van der Waals surface area contributed by atoms with Crippen molar-refractivity contribution in [2.75, 3.05) is 0 Å². The van der Waals surface area contributed by atoms with Crippen molar-refractivity contribution in [3.63, 3.8) is 0 Å². The molecule has 5 rings (SSSR count). The molecule has 0 spiro atoms. The van der Waals surface area contributed by atoms with E-state index in [1.165, 1.54) is 49.0 Å². The molecule has 0 bridgehead atoms. The van der Waals surface area contributed by atoms with Gasteiger partial charge in [-0.1, -0.05) is 78.9 Å². The van der Waals surface area contributed by atoms with Crippen LogP contribution in [-0.2, 0) is 0 Å². The van der Waals surface area contributed by atoms with E-state index in [0.717, 1.165) is 0 Å². The second kappa shape index (κ2) is 5.46. The van der Waals surface area contributed by atoms with Crippen LogP contribution in [0.4, 0.5) is 0 Å². The summed E-state index contributed by atoms with van der Waals surface area (Å²) in [5.41, 5.74) is 3.96. The lowest BCUT2D eigenvalue weighted by Gasteiger charge is -2.14. The Morgan fingerprint density at radius 2 is 0.960 bits per heavy atom. The summed E-state index contributed by atoms with van der Waals surface area (Å²) in [7, 11) is 0. The summed E-state index contributed by atoms with van der Waals surface area (Å²) in [5, 5.41) is 7.85. The molecule has 0 unspecified atom stereocenters. The van der Waals surface area contributed by atoms with Crippen LogP contribution in [-0.4, -0.2) is 0 Å². The molecule has 0 N–H and O–H groups in total. The zero-order chi connectivity index (χ0) is 16.8. The Kier molecular flexibility index (Phi) is 3.11.